The van der Waals surface area contributed by atoms with Gasteiger partial charge in [0.25, 0.3) is 5.91 Å². The van der Waals surface area contributed by atoms with Crippen LogP contribution in [0.25, 0.3) is 0 Å². The van der Waals surface area contributed by atoms with Crippen molar-refractivity contribution in [2.24, 2.45) is 0 Å². The zero-order valence-electron chi connectivity index (χ0n) is 13.9. The number of anilines is 1. The maximum absolute atomic E-state index is 12.2. The quantitative estimate of drug-likeness (QED) is 0.755. The van der Waals surface area contributed by atoms with Gasteiger partial charge in [0.15, 0.2) is 0 Å². The molecule has 0 saturated heterocycles. The van der Waals surface area contributed by atoms with Gasteiger partial charge in [0.1, 0.15) is 0 Å². The standard InChI is InChI=1S/C18H22N2O3S/c1-3-4-13-19-24(22,23)16-11-9-15(10-12-16)20-18(21)17-8-6-5-7-14(17)2/h5-12,19H,3-4,13H2,1-2H3,(H,20,21). The number of unbranched alkanes of at least 4 members (excludes halogenated alkanes) is 1. The molecule has 0 heterocycles. The molecule has 6 heteroatoms. The molecule has 0 bridgehead atoms. The zero-order chi connectivity index (χ0) is 17.6. The highest BCUT2D eigenvalue weighted by molar-refractivity contribution is 7.89. The van der Waals surface area contributed by atoms with Gasteiger partial charge in [-0.3, -0.25) is 4.79 Å². The summed E-state index contributed by atoms with van der Waals surface area (Å²) in [7, 11) is -3.50. The van der Waals surface area contributed by atoms with Crippen LogP contribution in [-0.4, -0.2) is 20.9 Å². The predicted molar refractivity (Wildman–Crippen MR) is 95.7 cm³/mol. The molecule has 0 unspecified atom stereocenters. The molecule has 5 nitrogen and oxygen atoms in total. The van der Waals surface area contributed by atoms with E-state index < -0.39 is 10.0 Å². The first-order valence-corrected chi connectivity index (χ1v) is 9.39. The fraction of sp³-hybridized carbons (Fsp3) is 0.278. The summed E-state index contributed by atoms with van der Waals surface area (Å²) < 4.78 is 26.8. The van der Waals surface area contributed by atoms with Gasteiger partial charge in [0.2, 0.25) is 10.0 Å². The summed E-state index contributed by atoms with van der Waals surface area (Å²) in [5.41, 5.74) is 2.03. The number of hydrogen-bond acceptors (Lipinski definition) is 3. The number of amides is 1. The Morgan fingerprint density at radius 1 is 1.04 bits per heavy atom. The van der Waals surface area contributed by atoms with Gasteiger partial charge in [-0.1, -0.05) is 31.5 Å². The molecule has 0 radical (unpaired) electrons. The zero-order valence-corrected chi connectivity index (χ0v) is 14.7. The number of sulfonamides is 1. The number of benzene rings is 2. The van der Waals surface area contributed by atoms with E-state index in [-0.39, 0.29) is 10.8 Å². The molecule has 0 aliphatic carbocycles. The number of rotatable bonds is 7. The Morgan fingerprint density at radius 3 is 2.33 bits per heavy atom. The van der Waals surface area contributed by atoms with Crippen molar-refractivity contribution in [1.82, 2.24) is 4.72 Å². The summed E-state index contributed by atoms with van der Waals surface area (Å²) >= 11 is 0. The second-order valence-electron chi connectivity index (χ2n) is 5.54. The van der Waals surface area contributed by atoms with Gasteiger partial charge in [-0.15, -0.1) is 0 Å². The van der Waals surface area contributed by atoms with Crippen LogP contribution in [0, 0.1) is 6.92 Å². The summed E-state index contributed by atoms with van der Waals surface area (Å²) in [5, 5.41) is 2.78. The van der Waals surface area contributed by atoms with E-state index >= 15 is 0 Å². The Labute approximate surface area is 143 Å². The van der Waals surface area contributed by atoms with Crippen LogP contribution in [0.2, 0.25) is 0 Å². The minimum atomic E-state index is -3.50. The molecular formula is C18H22N2O3S. The summed E-state index contributed by atoms with van der Waals surface area (Å²) in [4.78, 5) is 12.4. The van der Waals surface area contributed by atoms with Gasteiger partial charge in [-0.2, -0.15) is 0 Å². The summed E-state index contributed by atoms with van der Waals surface area (Å²) in [6.45, 7) is 4.29. The normalized spacial score (nSPS) is 11.2. The smallest absolute Gasteiger partial charge is 0.255 e. The fourth-order valence-electron chi connectivity index (χ4n) is 2.21. The van der Waals surface area contributed by atoms with Gasteiger partial charge in [0.05, 0.1) is 4.90 Å². The Balaban J connectivity index is 2.07. The Bertz CT molecular complexity index is 799. The van der Waals surface area contributed by atoms with Crippen molar-refractivity contribution >= 4 is 21.6 Å². The molecule has 0 atom stereocenters. The van der Waals surface area contributed by atoms with E-state index in [9.17, 15) is 13.2 Å². The molecule has 0 aliphatic rings. The molecule has 0 aliphatic heterocycles. The largest absolute Gasteiger partial charge is 0.322 e. The van der Waals surface area contributed by atoms with Crippen molar-refractivity contribution in [2.75, 3.05) is 11.9 Å². The summed E-state index contributed by atoms with van der Waals surface area (Å²) in [5.74, 6) is -0.218. The number of aryl methyl sites for hydroxylation is 1. The summed E-state index contributed by atoms with van der Waals surface area (Å²) in [6.07, 6.45) is 1.72. The third kappa shape index (κ3) is 4.66. The van der Waals surface area contributed by atoms with E-state index in [4.69, 9.17) is 0 Å². The Hall–Kier alpha value is -2.18. The lowest BCUT2D eigenvalue weighted by Crippen LogP contribution is -2.24. The van der Waals surface area contributed by atoms with Crippen LogP contribution in [0.1, 0.15) is 35.7 Å². The van der Waals surface area contributed by atoms with E-state index in [1.54, 1.807) is 24.3 Å². The molecule has 2 aromatic rings. The molecule has 0 saturated carbocycles. The molecule has 24 heavy (non-hydrogen) atoms. The molecule has 2 rings (SSSR count). The van der Waals surface area contributed by atoms with E-state index in [2.05, 4.69) is 10.0 Å². The first kappa shape index (κ1) is 18.2. The lowest BCUT2D eigenvalue weighted by molar-refractivity contribution is 0.102. The number of nitrogens with one attached hydrogen (secondary N) is 2. The van der Waals surface area contributed by atoms with Crippen LogP contribution in [0.15, 0.2) is 53.4 Å². The SMILES string of the molecule is CCCCNS(=O)(=O)c1ccc(NC(=O)c2ccccc2C)cc1. The van der Waals surface area contributed by atoms with Crippen molar-refractivity contribution in [1.29, 1.82) is 0 Å². The van der Waals surface area contributed by atoms with Gasteiger partial charge >= 0.3 is 0 Å². The third-order valence-electron chi connectivity index (χ3n) is 3.63. The van der Waals surface area contributed by atoms with Crippen LogP contribution >= 0.6 is 0 Å². The maximum atomic E-state index is 12.2. The molecule has 0 fully saturated rings. The third-order valence-corrected chi connectivity index (χ3v) is 5.11. The van der Waals surface area contributed by atoms with Gasteiger partial charge in [-0.25, -0.2) is 13.1 Å². The van der Waals surface area contributed by atoms with Crippen molar-refractivity contribution in [3.8, 4) is 0 Å². The van der Waals surface area contributed by atoms with Crippen LogP contribution in [0.5, 0.6) is 0 Å². The minimum Gasteiger partial charge on any atom is -0.322 e. The van der Waals surface area contributed by atoms with E-state index in [1.807, 2.05) is 26.0 Å². The maximum Gasteiger partial charge on any atom is 0.255 e. The topological polar surface area (TPSA) is 75.3 Å². The fourth-order valence-corrected chi connectivity index (χ4v) is 3.28. The molecule has 1 amide bonds. The van der Waals surface area contributed by atoms with Gasteiger partial charge < -0.3 is 5.32 Å². The molecule has 2 aromatic carbocycles. The first-order valence-electron chi connectivity index (χ1n) is 7.91. The van der Waals surface area contributed by atoms with Crippen LogP contribution in [0.3, 0.4) is 0 Å². The second kappa shape index (κ2) is 8.08. The van der Waals surface area contributed by atoms with Gasteiger partial charge in [0, 0.05) is 17.8 Å². The van der Waals surface area contributed by atoms with E-state index in [1.165, 1.54) is 12.1 Å². The van der Waals surface area contributed by atoms with Crippen molar-refractivity contribution in [3.63, 3.8) is 0 Å². The highest BCUT2D eigenvalue weighted by atomic mass is 32.2. The van der Waals surface area contributed by atoms with Crippen LogP contribution in [-0.2, 0) is 10.0 Å². The average Bonchev–Trinajstić information content (AvgIpc) is 2.56. The Morgan fingerprint density at radius 2 is 1.71 bits per heavy atom. The van der Waals surface area contributed by atoms with Gasteiger partial charge in [-0.05, 0) is 49.2 Å². The van der Waals surface area contributed by atoms with Crippen LogP contribution in [0.4, 0.5) is 5.69 Å². The number of carbonyl (C=O) groups excluding carboxylic acids is 1. The molecule has 0 spiro atoms. The number of hydrogen-bond donors (Lipinski definition) is 2. The lowest BCUT2D eigenvalue weighted by Gasteiger charge is -2.09. The highest BCUT2D eigenvalue weighted by Crippen LogP contribution is 2.16. The molecule has 0 aromatic heterocycles. The highest BCUT2D eigenvalue weighted by Gasteiger charge is 2.14. The first-order chi connectivity index (χ1) is 11.4. The number of carbonyl (C=O) groups is 1. The summed E-state index contributed by atoms with van der Waals surface area (Å²) in [6, 6.07) is 13.4. The van der Waals surface area contributed by atoms with Crippen LogP contribution < -0.4 is 10.0 Å². The molecule has 2 N–H and O–H groups in total. The lowest BCUT2D eigenvalue weighted by atomic mass is 10.1. The van der Waals surface area contributed by atoms with E-state index in [0.717, 1.165) is 18.4 Å². The van der Waals surface area contributed by atoms with Crippen molar-refractivity contribution < 1.29 is 13.2 Å². The Kier molecular flexibility index (Phi) is 6.11. The van der Waals surface area contributed by atoms with Crippen molar-refractivity contribution in [3.05, 3.63) is 59.7 Å². The second-order valence-corrected chi connectivity index (χ2v) is 7.31. The molecular weight excluding hydrogens is 324 g/mol. The minimum absolute atomic E-state index is 0.187. The van der Waals surface area contributed by atoms with Crippen molar-refractivity contribution in [2.45, 2.75) is 31.6 Å². The average molecular weight is 346 g/mol. The molecule has 128 valence electrons. The van der Waals surface area contributed by atoms with E-state index in [0.29, 0.717) is 17.8 Å². The monoisotopic (exact) mass is 346 g/mol. The predicted octanol–water partition coefficient (Wildman–Crippen LogP) is 3.33.